The molecule has 0 radical (unpaired) electrons. The number of hydrogen-bond acceptors (Lipinski definition) is 5. The van der Waals surface area contributed by atoms with E-state index in [0.717, 1.165) is 11.1 Å². The number of halogens is 1. The first-order valence-corrected chi connectivity index (χ1v) is 17.7. The molecule has 2 aromatic rings. The molecule has 0 aliphatic carbocycles. The standard InChI is InChI=1S/C32H38FN3O5Si/c1-5-13-35-26-11-10-23(34-14-12-28(34)38)16-25(26)32(31(35)40)20(2)30(42(3,4)33)27(41-32)17-29(39)36-18-22-9-7-6-8-21(22)15-24(36)19-37/h5-11,16,20,24,27,30,37H,1,12-15,17-19H2,2-4H3/t20-,24+,27+,30-,32+/m1/s1. The SMILES string of the molecule is C=CCN1C(=O)[C@@]2(O[C@@H](CC(=O)N3Cc4ccccc4C[C@H]3CO)[C@H]([Si](C)(C)F)[C@H]2C)c2cc(N3CCC3=O)ccc21. The number of carbonyl (C=O) groups excluding carboxylic acids is 3. The van der Waals surface area contributed by atoms with Gasteiger partial charge in [0.15, 0.2) is 5.60 Å². The van der Waals surface area contributed by atoms with Crippen LogP contribution in [0.25, 0.3) is 0 Å². The number of ether oxygens (including phenoxy) is 1. The van der Waals surface area contributed by atoms with Gasteiger partial charge in [0, 0.05) is 48.8 Å². The number of hydrogen-bond donors (Lipinski definition) is 1. The van der Waals surface area contributed by atoms with Crippen molar-refractivity contribution in [3.63, 3.8) is 0 Å². The van der Waals surface area contributed by atoms with Crippen LogP contribution in [0.4, 0.5) is 15.5 Å². The number of aliphatic hydroxyl groups is 1. The van der Waals surface area contributed by atoms with E-state index in [-0.39, 0.29) is 43.3 Å². The summed E-state index contributed by atoms with van der Waals surface area (Å²) in [5.74, 6) is -1.07. The molecule has 42 heavy (non-hydrogen) atoms. The third-order valence-electron chi connectivity index (χ3n) is 9.68. The topological polar surface area (TPSA) is 90.4 Å². The highest BCUT2D eigenvalue weighted by Crippen LogP contribution is 2.60. The van der Waals surface area contributed by atoms with E-state index >= 15 is 4.11 Å². The van der Waals surface area contributed by atoms with E-state index in [2.05, 4.69) is 6.58 Å². The molecule has 2 fully saturated rings. The van der Waals surface area contributed by atoms with Crippen LogP contribution in [0.3, 0.4) is 0 Å². The molecule has 8 nitrogen and oxygen atoms in total. The van der Waals surface area contributed by atoms with Gasteiger partial charge < -0.3 is 28.7 Å². The number of rotatable bonds is 7. The average molecular weight is 592 g/mol. The monoisotopic (exact) mass is 591 g/mol. The molecule has 4 heterocycles. The summed E-state index contributed by atoms with van der Waals surface area (Å²) >= 11 is 0. The van der Waals surface area contributed by atoms with E-state index in [4.69, 9.17) is 4.74 Å². The quantitative estimate of drug-likeness (QED) is 0.227. The molecule has 5 atom stereocenters. The highest BCUT2D eigenvalue weighted by atomic mass is 28.4. The molecular formula is C32H38FN3O5Si. The first kappa shape index (κ1) is 28.8. The zero-order valence-electron chi connectivity index (χ0n) is 24.4. The van der Waals surface area contributed by atoms with E-state index in [1.54, 1.807) is 33.9 Å². The van der Waals surface area contributed by atoms with Crippen LogP contribution in [0.15, 0.2) is 55.1 Å². The number of nitrogens with zero attached hydrogens (tertiary/aromatic N) is 3. The van der Waals surface area contributed by atoms with E-state index in [1.807, 2.05) is 49.4 Å². The fourth-order valence-electron chi connectivity index (χ4n) is 7.63. The van der Waals surface area contributed by atoms with Crippen LogP contribution in [-0.4, -0.2) is 68.0 Å². The summed E-state index contributed by atoms with van der Waals surface area (Å²) in [6.45, 7) is 9.93. The van der Waals surface area contributed by atoms with Crippen molar-refractivity contribution < 1.29 is 28.3 Å². The Kier molecular flexibility index (Phi) is 7.14. The molecule has 0 unspecified atom stereocenters. The average Bonchev–Trinajstić information content (AvgIpc) is 3.37. The molecule has 3 amide bonds. The van der Waals surface area contributed by atoms with Gasteiger partial charge in [-0.2, -0.15) is 0 Å². The second-order valence-corrected chi connectivity index (χ2v) is 16.3. The third-order valence-corrected chi connectivity index (χ3v) is 12.1. The smallest absolute Gasteiger partial charge is 0.264 e. The van der Waals surface area contributed by atoms with Crippen LogP contribution in [0, 0.1) is 5.92 Å². The largest absolute Gasteiger partial charge is 0.394 e. The summed E-state index contributed by atoms with van der Waals surface area (Å²) in [6, 6.07) is 13.0. The van der Waals surface area contributed by atoms with Gasteiger partial charge >= 0.3 is 0 Å². The van der Waals surface area contributed by atoms with Crippen LogP contribution in [0.5, 0.6) is 0 Å². The van der Waals surface area contributed by atoms with Crippen molar-refractivity contribution in [3.05, 3.63) is 71.8 Å². The predicted molar refractivity (Wildman–Crippen MR) is 160 cm³/mol. The maximum atomic E-state index is 16.2. The summed E-state index contributed by atoms with van der Waals surface area (Å²) in [5, 5.41) is 10.2. The van der Waals surface area contributed by atoms with Crippen molar-refractivity contribution in [2.45, 2.75) is 69.1 Å². The third kappa shape index (κ3) is 4.34. The maximum absolute atomic E-state index is 16.2. The highest BCUT2D eigenvalue weighted by Gasteiger charge is 2.67. The van der Waals surface area contributed by atoms with Gasteiger partial charge in [0.2, 0.25) is 20.2 Å². The van der Waals surface area contributed by atoms with Gasteiger partial charge in [0.1, 0.15) is 0 Å². The summed E-state index contributed by atoms with van der Waals surface area (Å²) in [4.78, 5) is 45.4. The number of β-lactam (4-membered cyclic amide) rings is 1. The molecule has 2 saturated heterocycles. The number of benzene rings is 2. The van der Waals surface area contributed by atoms with Gasteiger partial charge in [0.25, 0.3) is 5.91 Å². The van der Waals surface area contributed by atoms with Gasteiger partial charge in [-0.3, -0.25) is 14.4 Å². The zero-order chi connectivity index (χ0) is 30.0. The predicted octanol–water partition coefficient (Wildman–Crippen LogP) is 4.07. The fourth-order valence-corrected chi connectivity index (χ4v) is 10.1. The van der Waals surface area contributed by atoms with Crippen molar-refractivity contribution in [1.29, 1.82) is 0 Å². The summed E-state index contributed by atoms with van der Waals surface area (Å²) in [7, 11) is -3.48. The Balaban J connectivity index is 1.37. The van der Waals surface area contributed by atoms with Gasteiger partial charge in [-0.25, -0.2) is 0 Å². The molecule has 1 spiro atoms. The van der Waals surface area contributed by atoms with Crippen molar-refractivity contribution in [1.82, 2.24) is 4.90 Å². The molecule has 0 aromatic heterocycles. The van der Waals surface area contributed by atoms with Crippen molar-refractivity contribution in [3.8, 4) is 0 Å². The van der Waals surface area contributed by atoms with Crippen LogP contribution in [0.2, 0.25) is 18.6 Å². The van der Waals surface area contributed by atoms with Crippen LogP contribution < -0.4 is 9.80 Å². The van der Waals surface area contributed by atoms with Crippen LogP contribution in [0.1, 0.15) is 36.5 Å². The molecule has 0 saturated carbocycles. The minimum atomic E-state index is -3.48. The highest BCUT2D eigenvalue weighted by molar-refractivity contribution is 6.72. The molecule has 2 aromatic carbocycles. The molecular weight excluding hydrogens is 553 g/mol. The van der Waals surface area contributed by atoms with Crippen LogP contribution >= 0.6 is 0 Å². The Bertz CT molecular complexity index is 1460. The number of anilines is 2. The summed E-state index contributed by atoms with van der Waals surface area (Å²) < 4.78 is 23.0. The molecule has 4 aliphatic rings. The molecule has 0 bridgehead atoms. The number of aliphatic hydroxyl groups excluding tert-OH is 1. The van der Waals surface area contributed by atoms with Gasteiger partial charge in [0.05, 0.1) is 30.9 Å². The summed E-state index contributed by atoms with van der Waals surface area (Å²) in [6.07, 6.45) is 1.73. The maximum Gasteiger partial charge on any atom is 0.264 e. The lowest BCUT2D eigenvalue weighted by Crippen LogP contribution is -2.48. The Hall–Kier alpha value is -3.34. The molecule has 222 valence electrons. The molecule has 10 heteroatoms. The Morgan fingerprint density at radius 3 is 2.57 bits per heavy atom. The first-order chi connectivity index (χ1) is 20.0. The van der Waals surface area contributed by atoms with Gasteiger partial charge in [-0.05, 0) is 48.8 Å². The minimum Gasteiger partial charge on any atom is -0.394 e. The van der Waals surface area contributed by atoms with Crippen molar-refractivity contribution in [2.75, 3.05) is 29.5 Å². The van der Waals surface area contributed by atoms with Crippen molar-refractivity contribution >= 4 is 37.5 Å². The lowest BCUT2D eigenvalue weighted by molar-refractivity contribution is -0.150. The second kappa shape index (κ2) is 10.4. The molecule has 6 rings (SSSR count). The van der Waals surface area contributed by atoms with E-state index in [9.17, 15) is 19.5 Å². The molecule has 4 aliphatic heterocycles. The number of carbonyl (C=O) groups is 3. The Labute approximate surface area is 246 Å². The van der Waals surface area contributed by atoms with Crippen molar-refractivity contribution in [2.24, 2.45) is 5.92 Å². The second-order valence-electron chi connectivity index (χ2n) is 12.5. The Morgan fingerprint density at radius 1 is 1.21 bits per heavy atom. The Morgan fingerprint density at radius 2 is 1.95 bits per heavy atom. The molecule has 1 N–H and O–H groups in total. The fraction of sp³-hybridized carbons (Fsp3) is 0.469. The number of amides is 3. The van der Waals surface area contributed by atoms with Crippen LogP contribution in [-0.2, 0) is 37.7 Å². The number of fused-ring (bicyclic) bond motifs is 3. The first-order valence-electron chi connectivity index (χ1n) is 14.7. The van der Waals surface area contributed by atoms with E-state index < -0.39 is 31.6 Å². The summed E-state index contributed by atoms with van der Waals surface area (Å²) in [5.41, 5.74) is 1.95. The zero-order valence-corrected chi connectivity index (χ0v) is 25.4. The normalized spacial score (nSPS) is 28.6. The van der Waals surface area contributed by atoms with Gasteiger partial charge in [-0.1, -0.05) is 37.3 Å². The minimum absolute atomic E-state index is 0.0110. The lowest BCUT2D eigenvalue weighted by Gasteiger charge is -2.37. The van der Waals surface area contributed by atoms with E-state index in [0.29, 0.717) is 42.9 Å². The van der Waals surface area contributed by atoms with E-state index in [1.165, 1.54) is 0 Å². The lowest BCUT2D eigenvalue weighted by atomic mass is 9.82. The van der Waals surface area contributed by atoms with Gasteiger partial charge in [-0.15, -0.1) is 6.58 Å².